The zero-order valence-electron chi connectivity index (χ0n) is 13.1. The monoisotopic (exact) mass is 319 g/mol. The van der Waals surface area contributed by atoms with E-state index in [1.54, 1.807) is 18.4 Å². The molecule has 2 heterocycles. The van der Waals surface area contributed by atoms with Crippen molar-refractivity contribution < 1.29 is 19.0 Å². The van der Waals surface area contributed by atoms with Crippen LogP contribution in [0, 0.1) is 11.7 Å². The van der Waals surface area contributed by atoms with Crippen molar-refractivity contribution in [2.45, 2.75) is 31.8 Å². The third-order valence-electron chi connectivity index (χ3n) is 4.69. The summed E-state index contributed by atoms with van der Waals surface area (Å²) < 4.78 is 18.2. The van der Waals surface area contributed by atoms with Gasteiger partial charge in [0.25, 0.3) is 5.91 Å². The number of hydrogen-bond donors (Lipinski definition) is 1. The van der Waals surface area contributed by atoms with E-state index in [0.29, 0.717) is 19.7 Å². The van der Waals surface area contributed by atoms with Gasteiger partial charge in [-0.25, -0.2) is 4.39 Å². The standard InChI is InChI=1S/C18H22FNO3/c19-16-5-3-13(4-6-16)17(21)14-7-9-20(10-8-14)18(22)15-2-1-11-23-12-15/h3-6,12,14,17,21H,1-2,7-11H2. The Hall–Kier alpha value is -1.88. The average molecular weight is 319 g/mol. The molecular formula is C18H22FNO3. The van der Waals surface area contributed by atoms with Gasteiger partial charge in [-0.2, -0.15) is 0 Å². The van der Waals surface area contributed by atoms with Crippen molar-refractivity contribution in [2.75, 3.05) is 19.7 Å². The molecule has 1 amide bonds. The first-order valence-electron chi connectivity index (χ1n) is 8.18. The van der Waals surface area contributed by atoms with Crippen molar-refractivity contribution in [3.05, 3.63) is 47.5 Å². The van der Waals surface area contributed by atoms with Crippen LogP contribution < -0.4 is 0 Å². The summed E-state index contributed by atoms with van der Waals surface area (Å²) in [5.74, 6) is -0.148. The Labute approximate surface area is 135 Å². The van der Waals surface area contributed by atoms with Crippen LogP contribution in [0.25, 0.3) is 0 Å². The van der Waals surface area contributed by atoms with E-state index in [0.717, 1.165) is 36.8 Å². The minimum atomic E-state index is -0.606. The molecule has 3 rings (SSSR count). The SMILES string of the molecule is O=C(C1=COCCC1)N1CCC(C(O)c2ccc(F)cc2)CC1. The smallest absolute Gasteiger partial charge is 0.252 e. The number of benzene rings is 1. The highest BCUT2D eigenvalue weighted by Gasteiger charge is 2.29. The molecule has 1 fully saturated rings. The second kappa shape index (κ2) is 7.13. The summed E-state index contributed by atoms with van der Waals surface area (Å²) in [5.41, 5.74) is 1.48. The normalized spacial score (nSPS) is 20.6. The number of rotatable bonds is 3. The summed E-state index contributed by atoms with van der Waals surface area (Å²) in [6.07, 6.45) is 4.14. The molecule has 2 aliphatic rings. The Balaban J connectivity index is 1.56. The molecule has 0 aromatic heterocycles. The minimum Gasteiger partial charge on any atom is -0.501 e. The van der Waals surface area contributed by atoms with Gasteiger partial charge in [0.2, 0.25) is 0 Å². The van der Waals surface area contributed by atoms with Gasteiger partial charge in [-0.05, 0) is 49.3 Å². The number of amides is 1. The molecule has 5 heteroatoms. The largest absolute Gasteiger partial charge is 0.501 e. The van der Waals surface area contributed by atoms with Gasteiger partial charge in [-0.15, -0.1) is 0 Å². The predicted octanol–water partition coefficient (Wildman–Crippen LogP) is 2.79. The second-order valence-corrected chi connectivity index (χ2v) is 6.24. The quantitative estimate of drug-likeness (QED) is 0.932. The topological polar surface area (TPSA) is 49.8 Å². The van der Waals surface area contributed by atoms with Gasteiger partial charge in [0, 0.05) is 13.1 Å². The zero-order chi connectivity index (χ0) is 16.2. The number of likely N-dealkylation sites (tertiary alicyclic amines) is 1. The highest BCUT2D eigenvalue weighted by molar-refractivity contribution is 5.93. The van der Waals surface area contributed by atoms with E-state index in [1.807, 2.05) is 4.90 Å². The maximum atomic E-state index is 13.0. The van der Waals surface area contributed by atoms with Crippen molar-refractivity contribution in [3.63, 3.8) is 0 Å². The molecule has 1 aromatic carbocycles. The van der Waals surface area contributed by atoms with E-state index in [-0.39, 0.29) is 17.6 Å². The van der Waals surface area contributed by atoms with Crippen LogP contribution in [0.15, 0.2) is 36.1 Å². The molecule has 0 saturated carbocycles. The lowest BCUT2D eigenvalue weighted by Crippen LogP contribution is -2.40. The number of aliphatic hydroxyl groups is 1. The molecule has 4 nitrogen and oxygen atoms in total. The van der Waals surface area contributed by atoms with Gasteiger partial charge in [0.1, 0.15) is 5.82 Å². The number of halogens is 1. The van der Waals surface area contributed by atoms with Crippen molar-refractivity contribution in [1.29, 1.82) is 0 Å². The lowest BCUT2D eigenvalue weighted by atomic mass is 9.87. The maximum absolute atomic E-state index is 13.0. The van der Waals surface area contributed by atoms with Crippen LogP contribution in [0.3, 0.4) is 0 Å². The Kier molecular flexibility index (Phi) is 4.96. The first kappa shape index (κ1) is 16.0. The van der Waals surface area contributed by atoms with E-state index in [4.69, 9.17) is 4.74 Å². The average Bonchev–Trinajstić information content (AvgIpc) is 2.62. The molecule has 1 aromatic rings. The lowest BCUT2D eigenvalue weighted by Gasteiger charge is -2.35. The molecular weight excluding hydrogens is 297 g/mol. The van der Waals surface area contributed by atoms with Gasteiger partial charge in [0.05, 0.1) is 24.5 Å². The molecule has 0 radical (unpaired) electrons. The van der Waals surface area contributed by atoms with E-state index < -0.39 is 6.10 Å². The highest BCUT2D eigenvalue weighted by Crippen LogP contribution is 2.31. The Morgan fingerprint density at radius 3 is 2.57 bits per heavy atom. The molecule has 124 valence electrons. The van der Waals surface area contributed by atoms with E-state index >= 15 is 0 Å². The summed E-state index contributed by atoms with van der Waals surface area (Å²) in [5, 5.41) is 10.5. The molecule has 0 aliphatic carbocycles. The molecule has 0 spiro atoms. The van der Waals surface area contributed by atoms with Gasteiger partial charge in [0.15, 0.2) is 0 Å². The molecule has 2 aliphatic heterocycles. The highest BCUT2D eigenvalue weighted by atomic mass is 19.1. The molecule has 1 atom stereocenters. The Morgan fingerprint density at radius 2 is 1.96 bits per heavy atom. The first-order valence-corrected chi connectivity index (χ1v) is 8.18. The van der Waals surface area contributed by atoms with Crippen LogP contribution >= 0.6 is 0 Å². The third kappa shape index (κ3) is 3.72. The Morgan fingerprint density at radius 1 is 1.26 bits per heavy atom. The van der Waals surface area contributed by atoms with Gasteiger partial charge < -0.3 is 14.7 Å². The van der Waals surface area contributed by atoms with E-state index in [9.17, 15) is 14.3 Å². The summed E-state index contributed by atoms with van der Waals surface area (Å²) in [6, 6.07) is 5.99. The van der Waals surface area contributed by atoms with Crippen LogP contribution in [0.4, 0.5) is 4.39 Å². The fourth-order valence-electron chi connectivity index (χ4n) is 3.28. The van der Waals surface area contributed by atoms with Crippen LogP contribution in [0.2, 0.25) is 0 Å². The summed E-state index contributed by atoms with van der Waals surface area (Å²) >= 11 is 0. The number of nitrogens with zero attached hydrogens (tertiary/aromatic N) is 1. The van der Waals surface area contributed by atoms with Gasteiger partial charge >= 0.3 is 0 Å². The summed E-state index contributed by atoms with van der Waals surface area (Å²) in [4.78, 5) is 14.3. The van der Waals surface area contributed by atoms with Gasteiger partial charge in [-0.1, -0.05) is 12.1 Å². The fraction of sp³-hybridized carbons (Fsp3) is 0.500. The lowest BCUT2D eigenvalue weighted by molar-refractivity contribution is -0.129. The van der Waals surface area contributed by atoms with E-state index in [1.165, 1.54) is 12.1 Å². The molecule has 1 N–H and O–H groups in total. The van der Waals surface area contributed by atoms with Crippen molar-refractivity contribution in [2.24, 2.45) is 5.92 Å². The number of piperidine rings is 1. The molecule has 23 heavy (non-hydrogen) atoms. The third-order valence-corrected chi connectivity index (χ3v) is 4.69. The number of carbonyl (C=O) groups excluding carboxylic acids is 1. The Bertz CT molecular complexity index is 576. The number of aliphatic hydroxyl groups excluding tert-OH is 1. The van der Waals surface area contributed by atoms with Crippen molar-refractivity contribution >= 4 is 5.91 Å². The second-order valence-electron chi connectivity index (χ2n) is 6.24. The summed E-state index contributed by atoms with van der Waals surface area (Å²) in [6.45, 7) is 1.96. The van der Waals surface area contributed by atoms with Crippen LogP contribution in [-0.4, -0.2) is 35.6 Å². The van der Waals surface area contributed by atoms with Crippen LogP contribution in [0.1, 0.15) is 37.4 Å². The van der Waals surface area contributed by atoms with E-state index in [2.05, 4.69) is 0 Å². The minimum absolute atomic E-state index is 0.0550. The summed E-state index contributed by atoms with van der Waals surface area (Å²) in [7, 11) is 0. The molecule has 1 saturated heterocycles. The van der Waals surface area contributed by atoms with Crippen LogP contribution in [-0.2, 0) is 9.53 Å². The van der Waals surface area contributed by atoms with Crippen molar-refractivity contribution in [3.8, 4) is 0 Å². The zero-order valence-corrected chi connectivity index (χ0v) is 13.1. The number of carbonyl (C=O) groups is 1. The molecule has 0 bridgehead atoms. The first-order chi connectivity index (χ1) is 11.1. The fourth-order valence-corrected chi connectivity index (χ4v) is 3.28. The van der Waals surface area contributed by atoms with Crippen molar-refractivity contribution in [1.82, 2.24) is 4.90 Å². The van der Waals surface area contributed by atoms with Crippen LogP contribution in [0.5, 0.6) is 0 Å². The maximum Gasteiger partial charge on any atom is 0.252 e. The predicted molar refractivity (Wildman–Crippen MR) is 83.9 cm³/mol. The molecule has 1 unspecified atom stereocenters. The number of hydrogen-bond acceptors (Lipinski definition) is 3. The van der Waals surface area contributed by atoms with Gasteiger partial charge in [-0.3, -0.25) is 4.79 Å². The number of ether oxygens (including phenoxy) is 1.